The summed E-state index contributed by atoms with van der Waals surface area (Å²) in [7, 11) is 0. The van der Waals surface area contributed by atoms with E-state index in [1.165, 1.54) is 30.3 Å². The summed E-state index contributed by atoms with van der Waals surface area (Å²) in [4.78, 5) is 24.3. The van der Waals surface area contributed by atoms with Crippen molar-refractivity contribution in [3.8, 4) is 5.75 Å². The molecular weight excluding hydrogens is 311 g/mol. The van der Waals surface area contributed by atoms with Crippen molar-refractivity contribution in [2.45, 2.75) is 19.8 Å². The number of cyclic esters (lactones) is 1. The fraction of sp³-hybridized carbons (Fsp3) is 0.158. The highest BCUT2D eigenvalue weighted by Crippen LogP contribution is 2.36. The maximum atomic E-state index is 12.9. The minimum Gasteiger partial charge on any atom is -0.422 e. The number of hydrogen-bond acceptors (Lipinski definition) is 4. The molecule has 1 aliphatic rings. The molecule has 0 saturated carbocycles. The van der Waals surface area contributed by atoms with Gasteiger partial charge < -0.3 is 9.47 Å². The van der Waals surface area contributed by atoms with Crippen LogP contribution in [0.2, 0.25) is 0 Å². The Morgan fingerprint density at radius 3 is 2.67 bits per heavy atom. The molecule has 1 aliphatic heterocycles. The molecule has 0 atom stereocenters. The highest BCUT2D eigenvalue weighted by Gasteiger charge is 2.30. The Morgan fingerprint density at radius 2 is 1.96 bits per heavy atom. The second kappa shape index (κ2) is 6.66. The van der Waals surface area contributed by atoms with Crippen molar-refractivity contribution in [1.82, 2.24) is 0 Å². The molecule has 5 heteroatoms. The maximum Gasteiger partial charge on any atom is 0.348 e. The van der Waals surface area contributed by atoms with E-state index in [9.17, 15) is 14.0 Å². The highest BCUT2D eigenvalue weighted by molar-refractivity contribution is 6.06. The third kappa shape index (κ3) is 3.06. The normalized spacial score (nSPS) is 14.4. The predicted octanol–water partition coefficient (Wildman–Crippen LogP) is 4.36. The molecule has 0 bridgehead atoms. The zero-order valence-electron chi connectivity index (χ0n) is 13.0. The lowest BCUT2D eigenvalue weighted by atomic mass is 10.1. The first-order valence-corrected chi connectivity index (χ1v) is 7.63. The summed E-state index contributed by atoms with van der Waals surface area (Å²) in [5, 5.41) is 0. The van der Waals surface area contributed by atoms with Crippen LogP contribution in [-0.2, 0) is 4.74 Å². The number of unbranched alkanes of at least 4 members (excludes halogenated alkanes) is 1. The lowest BCUT2D eigenvalue weighted by Gasteiger charge is -2.07. The molecule has 0 unspecified atom stereocenters. The minimum atomic E-state index is -0.665. The number of allylic oxidation sites excluding steroid dienone is 1. The van der Waals surface area contributed by atoms with Crippen LogP contribution in [0.3, 0.4) is 0 Å². The van der Waals surface area contributed by atoms with Crippen LogP contribution in [-0.4, -0.2) is 11.9 Å². The molecule has 2 aromatic rings. The van der Waals surface area contributed by atoms with Crippen LogP contribution in [0.1, 0.15) is 46.0 Å². The van der Waals surface area contributed by atoms with E-state index in [1.54, 1.807) is 12.1 Å². The fourth-order valence-corrected chi connectivity index (χ4v) is 2.41. The Bertz CT molecular complexity index is 822. The summed E-state index contributed by atoms with van der Waals surface area (Å²) in [6, 6.07) is 9.96. The second-order valence-electron chi connectivity index (χ2n) is 5.32. The van der Waals surface area contributed by atoms with Gasteiger partial charge in [-0.05, 0) is 42.8 Å². The van der Waals surface area contributed by atoms with Crippen molar-refractivity contribution in [2.75, 3.05) is 0 Å². The first kappa shape index (κ1) is 15.9. The van der Waals surface area contributed by atoms with Crippen LogP contribution < -0.4 is 4.74 Å². The number of hydrogen-bond donors (Lipinski definition) is 0. The Labute approximate surface area is 138 Å². The van der Waals surface area contributed by atoms with E-state index in [0.717, 1.165) is 12.8 Å². The molecule has 0 N–H and O–H groups in total. The van der Waals surface area contributed by atoms with Crippen LogP contribution >= 0.6 is 0 Å². The molecule has 0 aromatic heterocycles. The van der Waals surface area contributed by atoms with Gasteiger partial charge in [-0.25, -0.2) is 14.0 Å². The molecular formula is C19H15FO4. The Kier molecular flexibility index (Phi) is 4.42. The number of rotatable bonds is 4. The molecule has 3 rings (SSSR count). The van der Waals surface area contributed by atoms with Crippen LogP contribution in [0, 0.1) is 5.82 Å². The van der Waals surface area contributed by atoms with E-state index in [0.29, 0.717) is 11.3 Å². The van der Waals surface area contributed by atoms with Crippen LogP contribution in [0.25, 0.3) is 5.76 Å². The Morgan fingerprint density at radius 1 is 1.21 bits per heavy atom. The topological polar surface area (TPSA) is 52.6 Å². The van der Waals surface area contributed by atoms with Gasteiger partial charge >= 0.3 is 11.9 Å². The summed E-state index contributed by atoms with van der Waals surface area (Å²) in [5.74, 6) is -1.04. The minimum absolute atomic E-state index is 0.131. The SMILES string of the molecule is CCC/C=C1\OC(=O)c2c(OC(=O)c3ccc(F)cc3)cccc21. The zero-order chi connectivity index (χ0) is 17.1. The Hall–Kier alpha value is -2.95. The lowest BCUT2D eigenvalue weighted by molar-refractivity contribution is 0.0698. The molecule has 0 amide bonds. The van der Waals surface area contributed by atoms with Gasteiger partial charge in [0, 0.05) is 5.56 Å². The first-order chi connectivity index (χ1) is 11.6. The molecule has 0 spiro atoms. The summed E-state index contributed by atoms with van der Waals surface area (Å²) in [6.07, 6.45) is 3.55. The monoisotopic (exact) mass is 326 g/mol. The highest BCUT2D eigenvalue weighted by atomic mass is 19.1. The average molecular weight is 326 g/mol. The number of carbonyl (C=O) groups is 2. The van der Waals surface area contributed by atoms with E-state index < -0.39 is 17.8 Å². The van der Waals surface area contributed by atoms with Crippen LogP contribution in [0.5, 0.6) is 5.75 Å². The average Bonchev–Trinajstić information content (AvgIpc) is 2.90. The molecule has 24 heavy (non-hydrogen) atoms. The molecule has 2 aromatic carbocycles. The van der Waals surface area contributed by atoms with E-state index >= 15 is 0 Å². The number of ether oxygens (including phenoxy) is 2. The van der Waals surface area contributed by atoms with Gasteiger partial charge in [-0.2, -0.15) is 0 Å². The van der Waals surface area contributed by atoms with Gasteiger partial charge in [-0.3, -0.25) is 0 Å². The van der Waals surface area contributed by atoms with Crippen LogP contribution in [0.15, 0.2) is 48.5 Å². The van der Waals surface area contributed by atoms with Crippen LogP contribution in [0.4, 0.5) is 4.39 Å². The van der Waals surface area contributed by atoms with E-state index in [4.69, 9.17) is 9.47 Å². The second-order valence-corrected chi connectivity index (χ2v) is 5.32. The summed E-state index contributed by atoms with van der Waals surface area (Å²) < 4.78 is 23.5. The maximum absolute atomic E-state index is 12.9. The van der Waals surface area contributed by atoms with E-state index in [-0.39, 0.29) is 16.9 Å². The quantitative estimate of drug-likeness (QED) is 0.619. The molecule has 4 nitrogen and oxygen atoms in total. The van der Waals surface area contributed by atoms with E-state index in [2.05, 4.69) is 0 Å². The number of benzene rings is 2. The van der Waals surface area contributed by atoms with Crippen molar-refractivity contribution in [1.29, 1.82) is 0 Å². The summed E-state index contributed by atoms with van der Waals surface area (Å²) in [5.41, 5.74) is 1.04. The van der Waals surface area contributed by atoms with Crippen molar-refractivity contribution >= 4 is 17.7 Å². The van der Waals surface area contributed by atoms with Crippen molar-refractivity contribution in [3.63, 3.8) is 0 Å². The molecule has 1 heterocycles. The molecule has 122 valence electrons. The first-order valence-electron chi connectivity index (χ1n) is 7.63. The predicted molar refractivity (Wildman–Crippen MR) is 86.1 cm³/mol. The van der Waals surface area contributed by atoms with E-state index in [1.807, 2.05) is 13.0 Å². The zero-order valence-corrected chi connectivity index (χ0v) is 13.0. The molecule has 0 radical (unpaired) electrons. The standard InChI is InChI=1S/C19H15FO4/c1-2-3-6-15-14-5-4-7-16(17(14)19(22)23-15)24-18(21)12-8-10-13(20)11-9-12/h4-11H,2-3H2,1H3/b15-6-. The van der Waals surface area contributed by atoms with Gasteiger partial charge in [0.25, 0.3) is 0 Å². The lowest BCUT2D eigenvalue weighted by Crippen LogP contribution is -2.11. The smallest absolute Gasteiger partial charge is 0.348 e. The number of fused-ring (bicyclic) bond motifs is 1. The van der Waals surface area contributed by atoms with Crippen molar-refractivity contribution in [2.24, 2.45) is 0 Å². The molecule has 0 aliphatic carbocycles. The Balaban J connectivity index is 1.91. The van der Waals surface area contributed by atoms with Gasteiger partial charge in [0.1, 0.15) is 22.9 Å². The number of esters is 2. The van der Waals surface area contributed by atoms with Gasteiger partial charge in [0.2, 0.25) is 0 Å². The molecule has 0 saturated heterocycles. The largest absolute Gasteiger partial charge is 0.422 e. The number of halogens is 1. The number of carbonyl (C=O) groups excluding carboxylic acids is 2. The third-order valence-corrected chi connectivity index (χ3v) is 3.60. The fourth-order valence-electron chi connectivity index (χ4n) is 2.41. The van der Waals surface area contributed by atoms with Gasteiger partial charge in [-0.15, -0.1) is 0 Å². The van der Waals surface area contributed by atoms with Crippen molar-refractivity contribution in [3.05, 3.63) is 71.0 Å². The van der Waals surface area contributed by atoms with Gasteiger partial charge in [0.15, 0.2) is 0 Å². The third-order valence-electron chi connectivity index (χ3n) is 3.60. The molecule has 0 fully saturated rings. The van der Waals surface area contributed by atoms with Gasteiger partial charge in [0.05, 0.1) is 5.56 Å². The van der Waals surface area contributed by atoms with Gasteiger partial charge in [-0.1, -0.05) is 25.5 Å². The summed E-state index contributed by atoms with van der Waals surface area (Å²) >= 11 is 0. The summed E-state index contributed by atoms with van der Waals surface area (Å²) in [6.45, 7) is 2.02. The van der Waals surface area contributed by atoms with Crippen molar-refractivity contribution < 1.29 is 23.5 Å².